The fraction of sp³-hybridized carbons (Fsp3) is 0.400. The topological polar surface area (TPSA) is 345 Å². The van der Waals surface area contributed by atoms with Gasteiger partial charge in [-0.05, 0) is 87.2 Å². The second-order valence-corrected chi connectivity index (χ2v) is 15.9. The molecule has 5 rings (SSSR count). The number of anilines is 1. The molecule has 0 bridgehead atoms. The lowest BCUT2D eigenvalue weighted by Gasteiger charge is -2.22. The van der Waals surface area contributed by atoms with Gasteiger partial charge in [-0.1, -0.05) is 23.7 Å². The first-order valence-corrected chi connectivity index (χ1v) is 22.4. The zero-order valence-electron chi connectivity index (χ0n) is 38.4. The molecule has 0 fully saturated rings. The van der Waals surface area contributed by atoms with E-state index in [0.717, 1.165) is 16.8 Å². The number of ether oxygens (including phenoxy) is 4. The number of fused-ring (bicyclic) bond motifs is 3. The van der Waals surface area contributed by atoms with Crippen molar-refractivity contribution in [3.8, 4) is 17.2 Å². The molecule has 3 atom stereocenters. The number of halogens is 1. The van der Waals surface area contributed by atoms with Crippen LogP contribution in [0.2, 0.25) is 5.02 Å². The number of nitrogens with two attached hydrogens (primary N) is 4. The lowest BCUT2D eigenvalue weighted by molar-refractivity contribution is -0.130. The molecular formula is C45H59ClN14O9. The predicted octanol–water partition coefficient (Wildman–Crippen LogP) is 1.92. The third-order valence-corrected chi connectivity index (χ3v) is 10.6. The van der Waals surface area contributed by atoms with Crippen LogP contribution in [0, 0.1) is 6.92 Å². The number of aryl methyl sites for hydroxylation is 1. The Labute approximate surface area is 403 Å². The molecule has 0 saturated heterocycles. The number of rotatable bonds is 27. The largest absolute Gasteiger partial charge is 0.497 e. The van der Waals surface area contributed by atoms with Crippen molar-refractivity contribution >= 4 is 58.7 Å². The molecule has 4 amide bonds. The second-order valence-electron chi connectivity index (χ2n) is 15.4. The van der Waals surface area contributed by atoms with Crippen molar-refractivity contribution in [1.29, 1.82) is 0 Å². The minimum absolute atomic E-state index is 0.0156. The number of nitrogens with zero attached hydrogens (tertiary/aromatic N) is 6. The molecule has 69 heavy (non-hydrogen) atoms. The standard InChI is InChI=1S/C45H59ClN14O9/c1-27-58-59-40-36(55-39(28-7-9-29(46)10-8-28)33-25-32(66-2)15-16-37(33)60(27)40)26-38(61)54-30-11-13-31(14-12-30)69-24-23-68-22-21-67-20-19-51-41(62)34(5-3-17-52-43(47)48)56-42(63)35(57-45(64)65)6-4-18-53-44(49)50/h7-16,25,34-36,57H,3-6,17-24,26H2,1-2H3,(H,51,62)(H,54,61)(H,56,63)(H,64,65)(H4,47,48,52)(H4,49,50,53)/t34?,35?,36-/m0/s1. The summed E-state index contributed by atoms with van der Waals surface area (Å²) in [5.74, 6) is 0.679. The molecule has 0 spiro atoms. The van der Waals surface area contributed by atoms with Crippen LogP contribution in [0.25, 0.3) is 5.69 Å². The second kappa shape index (κ2) is 26.7. The van der Waals surface area contributed by atoms with Gasteiger partial charge in [0.15, 0.2) is 17.7 Å². The van der Waals surface area contributed by atoms with Gasteiger partial charge in [-0.3, -0.25) is 33.9 Å². The highest BCUT2D eigenvalue weighted by Crippen LogP contribution is 2.35. The van der Waals surface area contributed by atoms with Crippen molar-refractivity contribution in [1.82, 2.24) is 30.7 Å². The maximum atomic E-state index is 13.6. The molecule has 0 radical (unpaired) electrons. The minimum Gasteiger partial charge on any atom is -0.497 e. The average molecular weight is 976 g/mol. The number of aromatic nitrogens is 3. The van der Waals surface area contributed by atoms with E-state index in [0.29, 0.717) is 52.4 Å². The summed E-state index contributed by atoms with van der Waals surface area (Å²) < 4.78 is 24.5. The Kier molecular flexibility index (Phi) is 20.3. The van der Waals surface area contributed by atoms with Crippen LogP contribution in [0.4, 0.5) is 10.5 Å². The van der Waals surface area contributed by atoms with Gasteiger partial charge < -0.3 is 68.3 Å². The first kappa shape index (κ1) is 52.5. The SMILES string of the molecule is COc1ccc2c(c1)C(c1ccc(Cl)cc1)=N[C@@H](CC(=O)Nc1ccc(OCCOCCOCCNC(=O)C(CCCN=C(N)N)NC(=O)C(CCCN=C(N)N)NC(=O)O)cc1)c1nnc(C)n1-2. The van der Waals surface area contributed by atoms with Crippen molar-refractivity contribution in [2.45, 2.75) is 57.2 Å². The molecule has 1 aromatic heterocycles. The van der Waals surface area contributed by atoms with Crippen molar-refractivity contribution in [2.75, 3.05) is 65.1 Å². The van der Waals surface area contributed by atoms with E-state index in [1.54, 1.807) is 43.5 Å². The van der Waals surface area contributed by atoms with Crippen molar-refractivity contribution < 1.29 is 43.2 Å². The number of benzene rings is 3. The van der Waals surface area contributed by atoms with Gasteiger partial charge in [0.25, 0.3) is 0 Å². The molecule has 3 aromatic carbocycles. The highest BCUT2D eigenvalue weighted by Gasteiger charge is 2.31. The highest BCUT2D eigenvalue weighted by atomic mass is 35.5. The summed E-state index contributed by atoms with van der Waals surface area (Å²) in [5, 5.41) is 29.1. The number of guanidine groups is 2. The number of methoxy groups -OCH3 is 1. The fourth-order valence-corrected chi connectivity index (χ4v) is 7.20. The molecule has 13 N–H and O–H groups in total. The van der Waals surface area contributed by atoms with Crippen LogP contribution in [-0.4, -0.2) is 133 Å². The van der Waals surface area contributed by atoms with E-state index in [1.807, 2.05) is 41.8 Å². The Hall–Kier alpha value is -7.50. The van der Waals surface area contributed by atoms with Gasteiger partial charge in [-0.25, -0.2) is 4.79 Å². The van der Waals surface area contributed by atoms with Crippen LogP contribution in [0.1, 0.15) is 60.9 Å². The molecule has 0 saturated carbocycles. The Morgan fingerprint density at radius 1 is 0.797 bits per heavy atom. The normalized spacial score (nSPS) is 13.5. The molecule has 0 aliphatic carbocycles. The van der Waals surface area contributed by atoms with E-state index >= 15 is 0 Å². The first-order valence-electron chi connectivity index (χ1n) is 22.0. The molecule has 2 unspecified atom stereocenters. The number of aliphatic imine (C=N–C) groups is 3. The molecule has 370 valence electrons. The van der Waals surface area contributed by atoms with Crippen LogP contribution in [0.5, 0.6) is 11.5 Å². The quantitative estimate of drug-likeness (QED) is 0.0234. The van der Waals surface area contributed by atoms with E-state index < -0.39 is 36.0 Å². The maximum absolute atomic E-state index is 13.6. The summed E-state index contributed by atoms with van der Waals surface area (Å²) in [5.41, 5.74) is 25.1. The number of carbonyl (C=O) groups is 4. The third kappa shape index (κ3) is 16.7. The third-order valence-electron chi connectivity index (χ3n) is 10.3. The minimum atomic E-state index is -1.41. The summed E-state index contributed by atoms with van der Waals surface area (Å²) in [6.07, 6.45) is -0.513. The highest BCUT2D eigenvalue weighted by molar-refractivity contribution is 6.30. The van der Waals surface area contributed by atoms with Gasteiger partial charge in [-0.15, -0.1) is 10.2 Å². The number of amides is 4. The van der Waals surface area contributed by atoms with E-state index in [4.69, 9.17) is 58.5 Å². The van der Waals surface area contributed by atoms with Crippen molar-refractivity contribution in [3.63, 3.8) is 0 Å². The van der Waals surface area contributed by atoms with Gasteiger partial charge in [-0.2, -0.15) is 0 Å². The van der Waals surface area contributed by atoms with E-state index in [-0.39, 0.29) is 89.8 Å². The number of hydrogen-bond acceptors (Lipinski definition) is 13. The Balaban J connectivity index is 1.03. The van der Waals surface area contributed by atoms with Crippen LogP contribution >= 0.6 is 11.6 Å². The van der Waals surface area contributed by atoms with E-state index in [2.05, 4.69) is 41.4 Å². The summed E-state index contributed by atoms with van der Waals surface area (Å²) >= 11 is 6.23. The molecule has 23 nitrogen and oxygen atoms in total. The molecule has 2 heterocycles. The summed E-state index contributed by atoms with van der Waals surface area (Å²) in [6, 6.07) is 17.2. The Morgan fingerprint density at radius 3 is 2.06 bits per heavy atom. The van der Waals surface area contributed by atoms with Gasteiger partial charge in [0, 0.05) is 41.5 Å². The van der Waals surface area contributed by atoms with Gasteiger partial charge in [0.2, 0.25) is 17.7 Å². The average Bonchev–Trinajstić information content (AvgIpc) is 3.64. The maximum Gasteiger partial charge on any atom is 0.405 e. The summed E-state index contributed by atoms with van der Waals surface area (Å²) in [6.45, 7) is 3.54. The predicted molar refractivity (Wildman–Crippen MR) is 259 cm³/mol. The van der Waals surface area contributed by atoms with Crippen LogP contribution in [0.3, 0.4) is 0 Å². The van der Waals surface area contributed by atoms with Crippen LogP contribution in [0.15, 0.2) is 81.7 Å². The molecule has 24 heteroatoms. The Morgan fingerprint density at radius 2 is 1.42 bits per heavy atom. The number of nitrogens with one attached hydrogen (secondary N) is 4. The molecule has 1 aliphatic rings. The summed E-state index contributed by atoms with van der Waals surface area (Å²) in [4.78, 5) is 63.9. The monoisotopic (exact) mass is 974 g/mol. The van der Waals surface area contributed by atoms with Crippen molar-refractivity contribution in [3.05, 3.63) is 94.5 Å². The van der Waals surface area contributed by atoms with E-state index in [1.165, 1.54) is 0 Å². The fourth-order valence-electron chi connectivity index (χ4n) is 7.08. The summed E-state index contributed by atoms with van der Waals surface area (Å²) in [7, 11) is 1.60. The smallest absolute Gasteiger partial charge is 0.405 e. The lowest BCUT2D eigenvalue weighted by Crippen LogP contribution is -2.54. The number of hydrogen-bond donors (Lipinski definition) is 9. The zero-order valence-corrected chi connectivity index (χ0v) is 39.1. The van der Waals surface area contributed by atoms with E-state index in [9.17, 15) is 24.3 Å². The van der Waals surface area contributed by atoms with Gasteiger partial charge in [0.1, 0.15) is 42.1 Å². The molecular weight excluding hydrogens is 916 g/mol. The van der Waals surface area contributed by atoms with Crippen molar-refractivity contribution in [2.24, 2.45) is 37.9 Å². The first-order chi connectivity index (χ1) is 33.2. The molecule has 1 aliphatic heterocycles. The van der Waals surface area contributed by atoms with Gasteiger partial charge in [0.05, 0.1) is 51.4 Å². The van der Waals surface area contributed by atoms with Crippen LogP contribution in [-0.2, 0) is 23.9 Å². The van der Waals surface area contributed by atoms with Crippen LogP contribution < -0.4 is 53.7 Å². The number of carboxylic acid groups (broad SMARTS) is 1. The van der Waals surface area contributed by atoms with Gasteiger partial charge >= 0.3 is 6.09 Å². The molecule has 4 aromatic rings. The lowest BCUT2D eigenvalue weighted by atomic mass is 10.00. The Bertz CT molecular complexity index is 2440. The zero-order chi connectivity index (χ0) is 49.7. The number of carbonyl (C=O) groups excluding carboxylic acids is 3.